The third-order valence-electron chi connectivity index (χ3n) is 3.47. The molecule has 0 atom stereocenters. The summed E-state index contributed by atoms with van der Waals surface area (Å²) in [5.41, 5.74) is -0.706. The van der Waals surface area contributed by atoms with Crippen LogP contribution in [0.15, 0.2) is 30.3 Å². The molecule has 146 valence electrons. The molecule has 2 aromatic carbocycles. The third kappa shape index (κ3) is 4.62. The minimum atomic E-state index is -1.16. The lowest BCUT2D eigenvalue weighted by atomic mass is 10.1. The zero-order chi connectivity index (χ0) is 21.0. The van der Waals surface area contributed by atoms with Crippen molar-refractivity contribution in [2.75, 3.05) is 13.2 Å². The van der Waals surface area contributed by atoms with E-state index in [-0.39, 0.29) is 5.56 Å². The van der Waals surface area contributed by atoms with Crippen molar-refractivity contribution in [3.05, 3.63) is 41.5 Å². The molecule has 0 radical (unpaired) electrons. The fourth-order valence-electron chi connectivity index (χ4n) is 2.15. The third-order valence-corrected chi connectivity index (χ3v) is 3.47. The van der Waals surface area contributed by atoms with Gasteiger partial charge in [0, 0.05) is 17.2 Å². The minimum Gasteiger partial charge on any atom is -0.508 e. The second kappa shape index (κ2) is 8.18. The molecule has 0 aliphatic heterocycles. The van der Waals surface area contributed by atoms with Gasteiger partial charge in [-0.05, 0) is 24.3 Å². The first kappa shape index (κ1) is 20.4. The van der Waals surface area contributed by atoms with E-state index >= 15 is 0 Å². The number of ether oxygens (including phenoxy) is 1. The van der Waals surface area contributed by atoms with Gasteiger partial charge in [-0.25, -0.2) is 0 Å². The molecule has 0 fully saturated rings. The molecule has 0 bridgehead atoms. The summed E-state index contributed by atoms with van der Waals surface area (Å²) in [6.45, 7) is -1.72. The zero-order valence-electron chi connectivity index (χ0n) is 14.1. The first-order valence-corrected chi connectivity index (χ1v) is 7.61. The maximum Gasteiger partial charge on any atom is 0.231 e. The number of ketones is 4. The standard InChI is InChI=1S/C18H14O10/c19-10-1-8(2-11(20)5-10)16(25)14(23)6-28-7-15(24)17(26)9-3-12(21)18(27)13(22)4-9/h1-5,19-22,27H,6-7H2. The van der Waals surface area contributed by atoms with Crippen LogP contribution in [0.1, 0.15) is 20.7 Å². The number of carbonyl (C=O) groups excluding carboxylic acids is 4. The number of phenolic OH excluding ortho intramolecular Hbond substituents is 5. The van der Waals surface area contributed by atoms with Gasteiger partial charge in [-0.3, -0.25) is 19.2 Å². The summed E-state index contributed by atoms with van der Waals surface area (Å²) >= 11 is 0. The quantitative estimate of drug-likeness (QED) is 0.241. The molecule has 0 saturated heterocycles. The molecule has 10 nitrogen and oxygen atoms in total. The lowest BCUT2D eigenvalue weighted by Crippen LogP contribution is -2.25. The van der Waals surface area contributed by atoms with E-state index in [2.05, 4.69) is 0 Å². The molecular formula is C18H14O10. The number of aromatic hydroxyl groups is 5. The van der Waals surface area contributed by atoms with Crippen LogP contribution >= 0.6 is 0 Å². The van der Waals surface area contributed by atoms with Crippen LogP contribution in [0.4, 0.5) is 0 Å². The largest absolute Gasteiger partial charge is 0.508 e. The molecule has 5 N–H and O–H groups in total. The van der Waals surface area contributed by atoms with E-state index in [4.69, 9.17) is 4.74 Å². The molecule has 10 heteroatoms. The van der Waals surface area contributed by atoms with Gasteiger partial charge in [0.2, 0.25) is 23.1 Å². The Morgan fingerprint density at radius 1 is 0.643 bits per heavy atom. The lowest BCUT2D eigenvalue weighted by Gasteiger charge is -2.06. The number of Topliss-reactive ketones (excluding diaryl/α,β-unsaturated/α-hetero) is 4. The first-order valence-electron chi connectivity index (χ1n) is 7.61. The maximum atomic E-state index is 11.9. The van der Waals surface area contributed by atoms with E-state index in [0.717, 1.165) is 30.3 Å². The smallest absolute Gasteiger partial charge is 0.231 e. The van der Waals surface area contributed by atoms with Crippen molar-refractivity contribution in [1.29, 1.82) is 0 Å². The van der Waals surface area contributed by atoms with Crippen molar-refractivity contribution in [1.82, 2.24) is 0 Å². The lowest BCUT2D eigenvalue weighted by molar-refractivity contribution is -0.124. The number of carbonyl (C=O) groups is 4. The van der Waals surface area contributed by atoms with Crippen molar-refractivity contribution in [3.8, 4) is 28.7 Å². The molecule has 0 amide bonds. The summed E-state index contributed by atoms with van der Waals surface area (Å²) in [6, 6.07) is 4.40. The molecular weight excluding hydrogens is 376 g/mol. The van der Waals surface area contributed by atoms with Crippen LogP contribution in [0.2, 0.25) is 0 Å². The van der Waals surface area contributed by atoms with Gasteiger partial charge in [-0.1, -0.05) is 0 Å². The molecule has 28 heavy (non-hydrogen) atoms. The van der Waals surface area contributed by atoms with Gasteiger partial charge in [0.15, 0.2) is 17.2 Å². The molecule has 0 saturated carbocycles. The van der Waals surface area contributed by atoms with E-state index in [0.29, 0.717) is 0 Å². The summed E-state index contributed by atoms with van der Waals surface area (Å²) in [4.78, 5) is 47.4. The molecule has 0 spiro atoms. The van der Waals surface area contributed by atoms with Gasteiger partial charge in [0.05, 0.1) is 0 Å². The molecule has 2 rings (SSSR count). The van der Waals surface area contributed by atoms with Crippen LogP contribution in [0.25, 0.3) is 0 Å². The Morgan fingerprint density at radius 3 is 1.46 bits per heavy atom. The van der Waals surface area contributed by atoms with Crippen molar-refractivity contribution in [2.24, 2.45) is 0 Å². The number of benzene rings is 2. The molecule has 2 aromatic rings. The van der Waals surface area contributed by atoms with Crippen molar-refractivity contribution in [2.45, 2.75) is 0 Å². The molecule has 0 unspecified atom stereocenters. The van der Waals surface area contributed by atoms with Crippen LogP contribution in [0.5, 0.6) is 28.7 Å². The van der Waals surface area contributed by atoms with Crippen LogP contribution in [-0.4, -0.2) is 61.9 Å². The van der Waals surface area contributed by atoms with Gasteiger partial charge in [-0.15, -0.1) is 0 Å². The second-order valence-corrected chi connectivity index (χ2v) is 5.60. The average molecular weight is 390 g/mol. The second-order valence-electron chi connectivity index (χ2n) is 5.60. The van der Waals surface area contributed by atoms with E-state index in [9.17, 15) is 44.7 Å². The highest BCUT2D eigenvalue weighted by Crippen LogP contribution is 2.35. The minimum absolute atomic E-state index is 0.288. The maximum absolute atomic E-state index is 11.9. The highest BCUT2D eigenvalue weighted by molar-refractivity contribution is 6.45. The highest BCUT2D eigenvalue weighted by atomic mass is 16.5. The van der Waals surface area contributed by atoms with Crippen LogP contribution in [0.3, 0.4) is 0 Å². The van der Waals surface area contributed by atoms with Crippen LogP contribution < -0.4 is 0 Å². The Hall–Kier alpha value is -3.92. The predicted molar refractivity (Wildman–Crippen MR) is 90.7 cm³/mol. The Balaban J connectivity index is 1.95. The zero-order valence-corrected chi connectivity index (χ0v) is 14.1. The Morgan fingerprint density at radius 2 is 1.04 bits per heavy atom. The summed E-state index contributed by atoms with van der Waals surface area (Å²) < 4.78 is 4.75. The highest BCUT2D eigenvalue weighted by Gasteiger charge is 2.22. The number of phenols is 5. The van der Waals surface area contributed by atoms with Crippen molar-refractivity contribution in [3.63, 3.8) is 0 Å². The van der Waals surface area contributed by atoms with Crippen LogP contribution in [-0.2, 0) is 14.3 Å². The normalized spacial score (nSPS) is 10.4. The van der Waals surface area contributed by atoms with Crippen molar-refractivity contribution < 1.29 is 49.4 Å². The fourth-order valence-corrected chi connectivity index (χ4v) is 2.15. The molecule has 0 aliphatic rings. The first-order chi connectivity index (χ1) is 13.1. The van der Waals surface area contributed by atoms with Crippen LogP contribution in [0, 0.1) is 0 Å². The number of rotatable bonds is 8. The molecule has 0 aromatic heterocycles. The summed E-state index contributed by atoms with van der Waals surface area (Å²) in [6.07, 6.45) is 0. The fraction of sp³-hybridized carbons (Fsp3) is 0.111. The van der Waals surface area contributed by atoms with Crippen molar-refractivity contribution >= 4 is 23.1 Å². The Labute approximate surface area is 156 Å². The topological polar surface area (TPSA) is 179 Å². The van der Waals surface area contributed by atoms with E-state index in [1.54, 1.807) is 0 Å². The number of hydrogen-bond acceptors (Lipinski definition) is 10. The van der Waals surface area contributed by atoms with E-state index in [1.165, 1.54) is 0 Å². The predicted octanol–water partition coefficient (Wildman–Crippen LogP) is 0.435. The molecule has 0 heterocycles. The van der Waals surface area contributed by atoms with E-state index < -0.39 is 70.7 Å². The summed E-state index contributed by atoms with van der Waals surface area (Å²) in [5.74, 6) is -7.83. The Kier molecular flexibility index (Phi) is 5.96. The number of hydrogen-bond donors (Lipinski definition) is 5. The van der Waals surface area contributed by atoms with Gasteiger partial charge in [0.25, 0.3) is 0 Å². The van der Waals surface area contributed by atoms with E-state index in [1.807, 2.05) is 0 Å². The van der Waals surface area contributed by atoms with Gasteiger partial charge < -0.3 is 30.3 Å². The van der Waals surface area contributed by atoms with Gasteiger partial charge >= 0.3 is 0 Å². The SMILES string of the molecule is O=C(COCC(=O)C(=O)c1cc(O)c(O)c(O)c1)C(=O)c1cc(O)cc(O)c1. The monoisotopic (exact) mass is 390 g/mol. The summed E-state index contributed by atoms with van der Waals surface area (Å²) in [7, 11) is 0. The van der Waals surface area contributed by atoms with Gasteiger partial charge in [-0.2, -0.15) is 0 Å². The average Bonchev–Trinajstić information content (AvgIpc) is 2.63. The van der Waals surface area contributed by atoms with Gasteiger partial charge in [0.1, 0.15) is 24.7 Å². The molecule has 0 aliphatic carbocycles. The Bertz CT molecular complexity index is 933. The summed E-state index contributed by atoms with van der Waals surface area (Å²) in [5, 5.41) is 46.5.